The van der Waals surface area contributed by atoms with Gasteiger partial charge in [-0.05, 0) is 26.0 Å². The first-order chi connectivity index (χ1) is 13.9. The lowest BCUT2D eigenvalue weighted by Crippen LogP contribution is -2.54. The number of fused-ring (bicyclic) bond motifs is 1. The van der Waals surface area contributed by atoms with Crippen molar-refractivity contribution < 1.29 is 18.8 Å². The van der Waals surface area contributed by atoms with Gasteiger partial charge in [0.1, 0.15) is 11.3 Å². The summed E-state index contributed by atoms with van der Waals surface area (Å²) < 4.78 is 5.86. The summed E-state index contributed by atoms with van der Waals surface area (Å²) in [5.41, 5.74) is 1.74. The Morgan fingerprint density at radius 1 is 1.10 bits per heavy atom. The Hall–Kier alpha value is -3.09. The van der Waals surface area contributed by atoms with Crippen LogP contribution in [0.1, 0.15) is 32.1 Å². The monoisotopic (exact) mass is 397 g/mol. The zero-order chi connectivity index (χ0) is 21.0. The van der Waals surface area contributed by atoms with Gasteiger partial charge in [-0.15, -0.1) is 0 Å². The van der Waals surface area contributed by atoms with Crippen LogP contribution in [0.4, 0.5) is 0 Å². The van der Waals surface area contributed by atoms with Gasteiger partial charge < -0.3 is 19.5 Å². The van der Waals surface area contributed by atoms with Crippen molar-refractivity contribution in [3.8, 4) is 0 Å². The van der Waals surface area contributed by atoms with Crippen LogP contribution in [-0.4, -0.2) is 59.7 Å². The van der Waals surface area contributed by atoms with Crippen LogP contribution >= 0.6 is 0 Å². The van der Waals surface area contributed by atoms with Crippen LogP contribution in [0.3, 0.4) is 0 Å². The Balaban J connectivity index is 1.62. The fraction of sp³-hybridized carbons (Fsp3) is 0.409. The largest absolute Gasteiger partial charge is 0.460 e. The lowest BCUT2D eigenvalue weighted by atomic mass is 10.1. The molecule has 1 aliphatic rings. The molecule has 1 aliphatic heterocycles. The van der Waals surface area contributed by atoms with E-state index in [0.717, 1.165) is 28.7 Å². The zero-order valence-electron chi connectivity index (χ0n) is 17.1. The maximum Gasteiger partial charge on any atom is 0.312 e. The lowest BCUT2D eigenvalue weighted by Gasteiger charge is -2.33. The molecule has 3 amide bonds. The van der Waals surface area contributed by atoms with Gasteiger partial charge >= 0.3 is 11.8 Å². The average Bonchev–Trinajstić information content (AvgIpc) is 3.08. The van der Waals surface area contributed by atoms with E-state index in [9.17, 15) is 14.4 Å². The number of hydrogen-bond donors (Lipinski definition) is 1. The molecule has 0 atom stereocenters. The number of nitrogens with one attached hydrogen (secondary N) is 1. The van der Waals surface area contributed by atoms with Crippen LogP contribution < -0.4 is 5.32 Å². The minimum atomic E-state index is -0.599. The standard InChI is InChI=1S/C22H27N3O4/c1-4-18-17(16-7-5-6-8-19(16)29-18)9-10-20(26)24-11-13-25(14-12-24)22(28)21(27)23-15(2)3/h5-10,15H,4,11-14H2,1-3H3,(H,23,27)/b10-9+. The second kappa shape index (κ2) is 8.94. The molecule has 7 heteroatoms. The van der Waals surface area contributed by atoms with Gasteiger partial charge in [-0.25, -0.2) is 0 Å². The number of para-hydroxylation sites is 1. The van der Waals surface area contributed by atoms with Crippen molar-refractivity contribution in [3.05, 3.63) is 41.7 Å². The highest BCUT2D eigenvalue weighted by atomic mass is 16.3. The van der Waals surface area contributed by atoms with E-state index in [-0.39, 0.29) is 11.9 Å². The number of rotatable bonds is 4. The summed E-state index contributed by atoms with van der Waals surface area (Å²) in [6.45, 7) is 7.12. The molecule has 0 unspecified atom stereocenters. The molecule has 3 rings (SSSR count). The summed E-state index contributed by atoms with van der Waals surface area (Å²) in [6, 6.07) is 7.67. The number of carbonyl (C=O) groups is 3. The number of carbonyl (C=O) groups excluding carboxylic acids is 3. The molecule has 0 radical (unpaired) electrons. The maximum atomic E-state index is 12.6. The molecule has 0 spiro atoms. The van der Waals surface area contributed by atoms with E-state index >= 15 is 0 Å². The molecule has 1 aromatic carbocycles. The summed E-state index contributed by atoms with van der Waals surface area (Å²) in [5, 5.41) is 3.59. The highest BCUT2D eigenvalue weighted by Gasteiger charge is 2.27. The van der Waals surface area contributed by atoms with Gasteiger partial charge in [-0.3, -0.25) is 14.4 Å². The summed E-state index contributed by atoms with van der Waals surface area (Å²) in [5.74, 6) is -0.407. The molecule has 1 N–H and O–H groups in total. The van der Waals surface area contributed by atoms with E-state index in [0.29, 0.717) is 26.2 Å². The first-order valence-corrected chi connectivity index (χ1v) is 9.97. The highest BCUT2D eigenvalue weighted by Crippen LogP contribution is 2.27. The number of piperazine rings is 1. The van der Waals surface area contributed by atoms with Crippen LogP contribution in [-0.2, 0) is 20.8 Å². The molecule has 2 heterocycles. The minimum Gasteiger partial charge on any atom is -0.460 e. The van der Waals surface area contributed by atoms with Gasteiger partial charge in [0.05, 0.1) is 0 Å². The predicted octanol–water partition coefficient (Wildman–Crippen LogP) is 2.20. The average molecular weight is 397 g/mol. The van der Waals surface area contributed by atoms with Crippen LogP contribution in [0.25, 0.3) is 17.0 Å². The lowest BCUT2D eigenvalue weighted by molar-refractivity contribution is -0.148. The molecule has 1 saturated heterocycles. The smallest absolute Gasteiger partial charge is 0.312 e. The zero-order valence-corrected chi connectivity index (χ0v) is 17.1. The summed E-state index contributed by atoms with van der Waals surface area (Å²) >= 11 is 0. The predicted molar refractivity (Wildman–Crippen MR) is 111 cm³/mol. The molecule has 1 fully saturated rings. The SMILES string of the molecule is CCc1oc2ccccc2c1/C=C/C(=O)N1CCN(C(=O)C(=O)NC(C)C)CC1. The summed E-state index contributed by atoms with van der Waals surface area (Å²) in [7, 11) is 0. The van der Waals surface area contributed by atoms with E-state index in [1.54, 1.807) is 30.9 Å². The Bertz CT molecular complexity index is 937. The number of furan rings is 1. The fourth-order valence-electron chi connectivity index (χ4n) is 3.42. The van der Waals surface area contributed by atoms with Gasteiger partial charge in [0.25, 0.3) is 0 Å². The second-order valence-corrected chi connectivity index (χ2v) is 7.37. The highest BCUT2D eigenvalue weighted by molar-refractivity contribution is 6.35. The Labute approximate surface area is 170 Å². The van der Waals surface area contributed by atoms with Crippen LogP contribution in [0.15, 0.2) is 34.8 Å². The van der Waals surface area contributed by atoms with Gasteiger partial charge in [0.15, 0.2) is 0 Å². The molecular formula is C22H27N3O4. The normalized spacial score (nSPS) is 14.8. The van der Waals surface area contributed by atoms with Crippen molar-refractivity contribution in [2.75, 3.05) is 26.2 Å². The number of nitrogens with zero attached hydrogens (tertiary/aromatic N) is 2. The molecular weight excluding hydrogens is 370 g/mol. The van der Waals surface area contributed by atoms with Gasteiger partial charge in [-0.2, -0.15) is 0 Å². The van der Waals surface area contributed by atoms with Gasteiger partial charge in [-0.1, -0.05) is 25.1 Å². The molecule has 0 bridgehead atoms. The van der Waals surface area contributed by atoms with Crippen molar-refractivity contribution in [2.24, 2.45) is 0 Å². The Morgan fingerprint density at radius 3 is 2.41 bits per heavy atom. The maximum absolute atomic E-state index is 12.6. The molecule has 2 aromatic rings. The second-order valence-electron chi connectivity index (χ2n) is 7.37. The van der Waals surface area contributed by atoms with Crippen molar-refractivity contribution >= 4 is 34.8 Å². The van der Waals surface area contributed by atoms with E-state index < -0.39 is 11.8 Å². The van der Waals surface area contributed by atoms with Crippen LogP contribution in [0, 0.1) is 0 Å². The Morgan fingerprint density at radius 2 is 1.76 bits per heavy atom. The van der Waals surface area contributed by atoms with E-state index in [2.05, 4.69) is 5.32 Å². The van der Waals surface area contributed by atoms with Crippen LogP contribution in [0.5, 0.6) is 0 Å². The van der Waals surface area contributed by atoms with Crippen molar-refractivity contribution in [2.45, 2.75) is 33.2 Å². The van der Waals surface area contributed by atoms with Crippen LogP contribution in [0.2, 0.25) is 0 Å². The Kier molecular flexibility index (Phi) is 6.36. The van der Waals surface area contributed by atoms with Crippen molar-refractivity contribution in [3.63, 3.8) is 0 Å². The van der Waals surface area contributed by atoms with E-state index in [1.165, 1.54) is 4.90 Å². The van der Waals surface area contributed by atoms with Crippen molar-refractivity contribution in [1.82, 2.24) is 15.1 Å². The molecule has 1 aromatic heterocycles. The first-order valence-electron chi connectivity index (χ1n) is 9.97. The molecule has 29 heavy (non-hydrogen) atoms. The number of benzene rings is 1. The molecule has 0 saturated carbocycles. The number of aryl methyl sites for hydroxylation is 1. The van der Waals surface area contributed by atoms with E-state index in [1.807, 2.05) is 31.2 Å². The number of hydrogen-bond acceptors (Lipinski definition) is 4. The summed E-state index contributed by atoms with van der Waals surface area (Å²) in [6.07, 6.45) is 4.10. The van der Waals surface area contributed by atoms with Gasteiger partial charge in [0.2, 0.25) is 5.91 Å². The number of amides is 3. The quantitative estimate of drug-likeness (QED) is 0.633. The third kappa shape index (κ3) is 4.67. The minimum absolute atomic E-state index is 0.0912. The topological polar surface area (TPSA) is 82.9 Å². The third-order valence-corrected chi connectivity index (χ3v) is 4.92. The molecule has 0 aliphatic carbocycles. The fourth-order valence-corrected chi connectivity index (χ4v) is 3.42. The molecule has 7 nitrogen and oxygen atoms in total. The first kappa shape index (κ1) is 20.6. The molecule has 154 valence electrons. The van der Waals surface area contributed by atoms with E-state index in [4.69, 9.17) is 4.42 Å². The summed E-state index contributed by atoms with van der Waals surface area (Å²) in [4.78, 5) is 39.8. The van der Waals surface area contributed by atoms with Crippen molar-refractivity contribution in [1.29, 1.82) is 0 Å². The van der Waals surface area contributed by atoms with Gasteiger partial charge in [0, 0.05) is 55.7 Å². The third-order valence-electron chi connectivity index (χ3n) is 4.92.